The highest BCUT2D eigenvalue weighted by Crippen LogP contribution is 2.27. The molecule has 3 aromatic heterocycles. The first-order valence-electron chi connectivity index (χ1n) is 14.6. The van der Waals surface area contributed by atoms with Gasteiger partial charge < -0.3 is 19.7 Å². The van der Waals surface area contributed by atoms with E-state index >= 15 is 0 Å². The Kier molecular flexibility index (Phi) is 10.5. The van der Waals surface area contributed by atoms with E-state index in [1.54, 1.807) is 20.8 Å². The lowest BCUT2D eigenvalue weighted by atomic mass is 9.93. The van der Waals surface area contributed by atoms with Crippen LogP contribution < -0.4 is 21.1 Å². The van der Waals surface area contributed by atoms with Crippen molar-refractivity contribution < 1.29 is 23.9 Å². The lowest BCUT2D eigenvalue weighted by Crippen LogP contribution is -2.43. The van der Waals surface area contributed by atoms with Crippen LogP contribution in [0.25, 0.3) is 11.7 Å². The van der Waals surface area contributed by atoms with Gasteiger partial charge in [0.1, 0.15) is 23.2 Å². The van der Waals surface area contributed by atoms with Crippen LogP contribution in [0.1, 0.15) is 76.0 Å². The minimum absolute atomic E-state index is 0.153. The van der Waals surface area contributed by atoms with E-state index in [0.29, 0.717) is 30.3 Å². The molecule has 12 nitrogen and oxygen atoms in total. The maximum atomic E-state index is 13.8. The molecule has 0 aliphatic carbocycles. The first-order chi connectivity index (χ1) is 21.1. The number of piperidine rings is 1. The van der Waals surface area contributed by atoms with Gasteiger partial charge in [-0.2, -0.15) is 0 Å². The molecule has 242 valence electrons. The van der Waals surface area contributed by atoms with Crippen LogP contribution in [0.2, 0.25) is 0 Å². The summed E-state index contributed by atoms with van der Waals surface area (Å²) in [4.78, 5) is 62.8. The molecule has 1 fully saturated rings. The van der Waals surface area contributed by atoms with Gasteiger partial charge >= 0.3 is 12.1 Å². The average Bonchev–Trinajstić information content (AvgIpc) is 3.43. The number of rotatable bonds is 8. The molecule has 3 aromatic rings. The molecule has 0 bridgehead atoms. The largest absolute Gasteiger partial charge is 0.457 e. The van der Waals surface area contributed by atoms with Gasteiger partial charge in [0, 0.05) is 47.6 Å². The van der Waals surface area contributed by atoms with Gasteiger partial charge in [-0.1, -0.05) is 20.8 Å². The molecule has 1 aliphatic heterocycles. The second-order valence-electron chi connectivity index (χ2n) is 12.6. The van der Waals surface area contributed by atoms with E-state index in [1.165, 1.54) is 46.2 Å². The Balaban J connectivity index is 1.69. The molecule has 45 heavy (non-hydrogen) atoms. The van der Waals surface area contributed by atoms with E-state index in [-0.39, 0.29) is 41.2 Å². The minimum atomic E-state index is -0.716. The maximum absolute atomic E-state index is 13.8. The summed E-state index contributed by atoms with van der Waals surface area (Å²) < 4.78 is 12.3. The molecule has 1 atom stereocenters. The third-order valence-electron chi connectivity index (χ3n) is 6.71. The molecule has 0 spiro atoms. The normalized spacial score (nSPS) is 15.7. The second-order valence-corrected chi connectivity index (χ2v) is 13.9. The molecule has 0 radical (unpaired) electrons. The van der Waals surface area contributed by atoms with Crippen molar-refractivity contribution in [1.82, 2.24) is 19.7 Å². The number of ether oxygens (including phenoxy) is 2. The fourth-order valence-corrected chi connectivity index (χ4v) is 5.60. The number of hydrogen-bond acceptors (Lipinski definition) is 10. The Bertz CT molecular complexity index is 1650. The lowest BCUT2D eigenvalue weighted by molar-refractivity contribution is -0.148. The predicted molar refractivity (Wildman–Crippen MR) is 176 cm³/mol. The van der Waals surface area contributed by atoms with Gasteiger partial charge in [0.05, 0.1) is 17.8 Å². The number of thiazole rings is 1. The predicted octanol–water partition coefficient (Wildman–Crippen LogP) is 4.99. The smallest absolute Gasteiger partial charge is 0.407 e. The topological polar surface area (TPSA) is 144 Å². The number of fused-ring (bicyclic) bond motifs is 1. The molecule has 0 unspecified atom stereocenters. The molecule has 1 saturated heterocycles. The van der Waals surface area contributed by atoms with Gasteiger partial charge in [-0.15, -0.1) is 22.9 Å². The van der Waals surface area contributed by atoms with Gasteiger partial charge in [0.15, 0.2) is 5.13 Å². The van der Waals surface area contributed by atoms with Crippen LogP contribution in [0.5, 0.6) is 0 Å². The summed E-state index contributed by atoms with van der Waals surface area (Å²) in [5.74, 6) is -0.461. The molecule has 2 amide bonds. The Morgan fingerprint density at radius 2 is 1.93 bits per heavy atom. The van der Waals surface area contributed by atoms with Gasteiger partial charge in [-0.3, -0.25) is 19.3 Å². The number of esters is 1. The van der Waals surface area contributed by atoms with Gasteiger partial charge in [-0.25, -0.2) is 19.6 Å². The summed E-state index contributed by atoms with van der Waals surface area (Å²) >= 11 is 7.00. The Morgan fingerprint density at radius 1 is 1.18 bits per heavy atom. The Labute approximate surface area is 270 Å². The van der Waals surface area contributed by atoms with Crippen LogP contribution >= 0.6 is 22.9 Å². The first-order valence-corrected chi connectivity index (χ1v) is 16.1. The van der Waals surface area contributed by atoms with Crippen molar-refractivity contribution in [2.45, 2.75) is 71.5 Å². The van der Waals surface area contributed by atoms with E-state index in [1.807, 2.05) is 31.1 Å². The number of nitrogens with zero attached hydrogens (tertiary/aromatic N) is 4. The highest BCUT2D eigenvalue weighted by molar-refractivity contribution is 7.14. The third-order valence-corrected chi connectivity index (χ3v) is 7.66. The average molecular weight is 659 g/mol. The summed E-state index contributed by atoms with van der Waals surface area (Å²) in [5, 5.41) is 7.79. The van der Waals surface area contributed by atoms with E-state index in [0.717, 1.165) is 5.69 Å². The first kappa shape index (κ1) is 33.9. The fraction of sp³-hybridized carbons (Fsp3) is 0.484. The molecule has 1 aliphatic rings. The minimum Gasteiger partial charge on any atom is -0.457 e. The molecular weight excluding hydrogens is 620 g/mol. The van der Waals surface area contributed by atoms with Crippen molar-refractivity contribution in [3.63, 3.8) is 0 Å². The standard InChI is InChI=1S/C31H39ClN6O6S/c1-30(2,3)22-18-45-28(34-22)36-26(40)19-11-15-38-23(16-19)35-25(21(27(38)41)9-10-24(39)44-31(4,5)6)37-14-7-8-20(17-37)43-29(42)33-13-12-32/h9-11,15-16,18,20H,7-8,12-14,17H2,1-6H3,(H,33,42)(H,34,36,40)/b10-9+/t20-/m1/s1. The summed E-state index contributed by atoms with van der Waals surface area (Å²) in [5.41, 5.74) is 0.215. The number of anilines is 2. The van der Waals surface area contributed by atoms with Crippen molar-refractivity contribution in [3.8, 4) is 0 Å². The number of nitrogens with one attached hydrogen (secondary N) is 2. The van der Waals surface area contributed by atoms with Crippen molar-refractivity contribution in [3.05, 3.63) is 57.0 Å². The highest BCUT2D eigenvalue weighted by atomic mass is 35.5. The van der Waals surface area contributed by atoms with Crippen LogP contribution in [0.15, 0.2) is 34.6 Å². The quantitative estimate of drug-likeness (QED) is 0.194. The highest BCUT2D eigenvalue weighted by Gasteiger charge is 2.27. The molecule has 4 heterocycles. The summed E-state index contributed by atoms with van der Waals surface area (Å²) in [6.07, 6.45) is 4.29. The number of pyridine rings is 1. The number of aromatic nitrogens is 3. The van der Waals surface area contributed by atoms with Crippen LogP contribution in [-0.4, -0.2) is 69.6 Å². The zero-order valence-electron chi connectivity index (χ0n) is 26.3. The van der Waals surface area contributed by atoms with E-state index < -0.39 is 35.2 Å². The lowest BCUT2D eigenvalue weighted by Gasteiger charge is -2.33. The van der Waals surface area contributed by atoms with Crippen LogP contribution in [0, 0.1) is 0 Å². The van der Waals surface area contributed by atoms with E-state index in [9.17, 15) is 19.2 Å². The molecule has 14 heteroatoms. The van der Waals surface area contributed by atoms with Crippen LogP contribution in [-0.2, 0) is 19.7 Å². The number of halogens is 1. The molecular formula is C31H39ClN6O6S. The zero-order chi connectivity index (χ0) is 32.9. The number of carbonyl (C=O) groups excluding carboxylic acids is 3. The molecule has 0 saturated carbocycles. The summed E-state index contributed by atoms with van der Waals surface area (Å²) in [6.45, 7) is 12.4. The molecule has 4 rings (SSSR count). The van der Waals surface area contributed by atoms with Gasteiger partial charge in [0.25, 0.3) is 11.5 Å². The number of amides is 2. The Hall–Kier alpha value is -3.97. The van der Waals surface area contributed by atoms with Gasteiger partial charge in [-0.05, 0) is 51.8 Å². The van der Waals surface area contributed by atoms with Crippen LogP contribution in [0.4, 0.5) is 15.7 Å². The van der Waals surface area contributed by atoms with Crippen molar-refractivity contribution in [2.75, 3.05) is 35.7 Å². The molecule has 0 aromatic carbocycles. The van der Waals surface area contributed by atoms with Crippen molar-refractivity contribution in [1.29, 1.82) is 0 Å². The van der Waals surface area contributed by atoms with E-state index in [2.05, 4.69) is 15.6 Å². The van der Waals surface area contributed by atoms with Crippen LogP contribution in [0.3, 0.4) is 0 Å². The van der Waals surface area contributed by atoms with Gasteiger partial charge in [0.2, 0.25) is 0 Å². The summed E-state index contributed by atoms with van der Waals surface area (Å²) in [6, 6.07) is 3.05. The Morgan fingerprint density at radius 3 is 2.60 bits per heavy atom. The zero-order valence-corrected chi connectivity index (χ0v) is 27.9. The number of carbonyl (C=O) groups is 3. The summed E-state index contributed by atoms with van der Waals surface area (Å²) in [7, 11) is 0. The van der Waals surface area contributed by atoms with Crippen molar-refractivity contribution in [2.24, 2.45) is 0 Å². The number of hydrogen-bond donors (Lipinski definition) is 2. The fourth-order valence-electron chi connectivity index (χ4n) is 4.57. The van der Waals surface area contributed by atoms with E-state index in [4.69, 9.17) is 26.1 Å². The number of alkyl carbamates (subject to hydrolysis) is 1. The SMILES string of the molecule is CC(C)(C)OC(=O)/C=C/c1c(N2CCC[C@@H](OC(=O)NCCCl)C2)nc2cc(C(=O)Nc3nc(C(C)(C)C)cs3)ccn2c1=O. The van der Waals surface area contributed by atoms with Crippen molar-refractivity contribution >= 4 is 63.6 Å². The molecule has 2 N–H and O–H groups in total. The monoisotopic (exact) mass is 658 g/mol. The number of alkyl halides is 1. The second kappa shape index (κ2) is 14.0. The maximum Gasteiger partial charge on any atom is 0.407 e. The third kappa shape index (κ3) is 9.04.